The zero-order chi connectivity index (χ0) is 26.1. The van der Waals surface area contributed by atoms with Crippen LogP contribution in [-0.4, -0.2) is 57.8 Å². The Morgan fingerprint density at radius 3 is 2.42 bits per heavy atom. The van der Waals surface area contributed by atoms with Gasteiger partial charge in [0.25, 0.3) is 0 Å². The molecular weight excluding hydrogens is 480 g/mol. The number of rotatable bonds is 7. The minimum atomic E-state index is -0.508. The highest BCUT2D eigenvalue weighted by Gasteiger charge is 2.58. The Balaban J connectivity index is 1.41. The number of carbonyl (C=O) groups is 1. The minimum absolute atomic E-state index is 0.118. The maximum atomic E-state index is 13.1. The number of fused-ring (bicyclic) bond motifs is 2. The van der Waals surface area contributed by atoms with Crippen molar-refractivity contribution >= 4 is 17.7 Å². The van der Waals surface area contributed by atoms with Crippen LogP contribution >= 0.6 is 11.6 Å². The van der Waals surface area contributed by atoms with Crippen molar-refractivity contribution in [1.82, 2.24) is 20.4 Å². The number of hydrogen-bond donors (Lipinski definition) is 1. The molecule has 8 nitrogen and oxygen atoms in total. The summed E-state index contributed by atoms with van der Waals surface area (Å²) in [6.45, 7) is 10.8. The van der Waals surface area contributed by atoms with E-state index in [1.54, 1.807) is 19.2 Å². The fourth-order valence-corrected chi connectivity index (χ4v) is 5.79. The van der Waals surface area contributed by atoms with Crippen LogP contribution in [-0.2, 0) is 16.0 Å². The molecule has 2 aliphatic heterocycles. The van der Waals surface area contributed by atoms with E-state index in [2.05, 4.69) is 29.4 Å². The number of benzene rings is 1. The molecule has 36 heavy (non-hydrogen) atoms. The Labute approximate surface area is 218 Å². The van der Waals surface area contributed by atoms with E-state index in [0.717, 1.165) is 36.9 Å². The van der Waals surface area contributed by atoms with E-state index < -0.39 is 5.60 Å². The lowest BCUT2D eigenvalue weighted by Gasteiger charge is -2.51. The Kier molecular flexibility index (Phi) is 7.51. The summed E-state index contributed by atoms with van der Waals surface area (Å²) in [5.41, 5.74) is 1.39. The summed E-state index contributed by atoms with van der Waals surface area (Å²) in [5.74, 6) is 0.596. The molecule has 1 aromatic carbocycles. The smallest absolute Gasteiger partial charge is 0.411 e. The molecule has 2 aromatic rings. The molecule has 0 radical (unpaired) electrons. The van der Waals surface area contributed by atoms with E-state index in [9.17, 15) is 4.79 Å². The summed E-state index contributed by atoms with van der Waals surface area (Å²) in [4.78, 5) is 15.1. The maximum absolute atomic E-state index is 13.1. The minimum Gasteiger partial charge on any atom is -0.467 e. The number of halogens is 1. The number of amides is 1. The Bertz CT molecular complexity index is 1070. The molecular formula is C27H37ClN4O4. The highest BCUT2D eigenvalue weighted by molar-refractivity contribution is 6.30. The first-order valence-electron chi connectivity index (χ1n) is 12.4. The van der Waals surface area contributed by atoms with Gasteiger partial charge in [-0.3, -0.25) is 4.90 Å². The molecule has 2 aliphatic rings. The maximum Gasteiger partial charge on any atom is 0.411 e. The Hall–Kier alpha value is -2.42. The van der Waals surface area contributed by atoms with Crippen LogP contribution in [0.15, 0.2) is 30.3 Å². The lowest BCUT2D eigenvalue weighted by molar-refractivity contribution is -0.0384. The van der Waals surface area contributed by atoms with Crippen molar-refractivity contribution in [2.24, 2.45) is 0 Å². The summed E-state index contributed by atoms with van der Waals surface area (Å²) in [7, 11) is 1.57. The SMILES string of the molecule is COCOc1cc(Cl)ccc1-c1ccc(CNC2CC3(C)CCC(C)(C2)N3C(=O)OC(C)(C)C)nn1. The van der Waals surface area contributed by atoms with Gasteiger partial charge in [-0.25, -0.2) is 4.79 Å². The molecule has 4 rings (SSSR count). The van der Waals surface area contributed by atoms with Gasteiger partial charge in [0.2, 0.25) is 0 Å². The average Bonchev–Trinajstić information content (AvgIpc) is 2.97. The average molecular weight is 517 g/mol. The predicted octanol–water partition coefficient (Wildman–Crippen LogP) is 5.58. The van der Waals surface area contributed by atoms with Crippen LogP contribution < -0.4 is 10.1 Å². The molecule has 1 N–H and O–H groups in total. The monoisotopic (exact) mass is 516 g/mol. The van der Waals surface area contributed by atoms with Crippen LogP contribution in [0, 0.1) is 0 Å². The van der Waals surface area contributed by atoms with Gasteiger partial charge in [-0.05, 0) is 90.6 Å². The Morgan fingerprint density at radius 1 is 1.14 bits per heavy atom. The van der Waals surface area contributed by atoms with Gasteiger partial charge in [0, 0.05) is 41.4 Å². The quantitative estimate of drug-likeness (QED) is 0.481. The second kappa shape index (κ2) is 10.1. The van der Waals surface area contributed by atoms with Crippen LogP contribution in [0.25, 0.3) is 11.3 Å². The predicted molar refractivity (Wildman–Crippen MR) is 139 cm³/mol. The van der Waals surface area contributed by atoms with Crippen molar-refractivity contribution in [3.05, 3.63) is 41.0 Å². The molecule has 2 unspecified atom stereocenters. The number of ether oxygens (including phenoxy) is 3. The zero-order valence-electron chi connectivity index (χ0n) is 22.1. The molecule has 1 aromatic heterocycles. The highest BCUT2D eigenvalue weighted by Crippen LogP contribution is 2.51. The first-order valence-corrected chi connectivity index (χ1v) is 12.8. The van der Waals surface area contributed by atoms with Crippen molar-refractivity contribution in [2.45, 2.75) is 89.6 Å². The lowest BCUT2D eigenvalue weighted by atomic mass is 9.82. The number of nitrogens with zero attached hydrogens (tertiary/aromatic N) is 3. The van der Waals surface area contributed by atoms with Crippen LogP contribution in [0.3, 0.4) is 0 Å². The summed E-state index contributed by atoms with van der Waals surface area (Å²) in [5, 5.41) is 13.1. The third-order valence-electron chi connectivity index (χ3n) is 7.07. The van der Waals surface area contributed by atoms with Gasteiger partial charge in [0.05, 0.1) is 11.4 Å². The van der Waals surface area contributed by atoms with Crippen molar-refractivity contribution in [1.29, 1.82) is 0 Å². The van der Waals surface area contributed by atoms with Gasteiger partial charge in [0.1, 0.15) is 11.4 Å². The fraction of sp³-hybridized carbons (Fsp3) is 0.593. The molecule has 2 saturated heterocycles. The fourth-order valence-electron chi connectivity index (χ4n) is 5.62. The van der Waals surface area contributed by atoms with Crippen LogP contribution in [0.5, 0.6) is 5.75 Å². The third kappa shape index (κ3) is 5.76. The zero-order valence-corrected chi connectivity index (χ0v) is 22.8. The van der Waals surface area contributed by atoms with Crippen molar-refractivity contribution in [3.63, 3.8) is 0 Å². The summed E-state index contributed by atoms with van der Waals surface area (Å²) < 4.78 is 16.4. The molecule has 2 bridgehead atoms. The van der Waals surface area contributed by atoms with Crippen LogP contribution in [0.2, 0.25) is 5.02 Å². The number of piperidine rings is 1. The third-order valence-corrected chi connectivity index (χ3v) is 7.31. The normalized spacial score (nSPS) is 25.6. The second-order valence-corrected chi connectivity index (χ2v) is 11.8. The molecule has 2 atom stereocenters. The van der Waals surface area contributed by atoms with Gasteiger partial charge >= 0.3 is 6.09 Å². The van der Waals surface area contributed by atoms with E-state index in [4.69, 9.17) is 25.8 Å². The van der Waals surface area contributed by atoms with Gasteiger partial charge in [-0.2, -0.15) is 10.2 Å². The molecule has 0 saturated carbocycles. The molecule has 196 valence electrons. The number of methoxy groups -OCH3 is 1. The van der Waals surface area contributed by atoms with Crippen LogP contribution in [0.4, 0.5) is 4.79 Å². The van der Waals surface area contributed by atoms with E-state index in [-0.39, 0.29) is 30.0 Å². The highest BCUT2D eigenvalue weighted by atomic mass is 35.5. The molecule has 0 spiro atoms. The van der Waals surface area contributed by atoms with E-state index in [1.165, 1.54) is 0 Å². The van der Waals surface area contributed by atoms with E-state index in [1.807, 2.05) is 43.9 Å². The summed E-state index contributed by atoms with van der Waals surface area (Å²) in [6, 6.07) is 9.58. The topological polar surface area (TPSA) is 85.8 Å². The lowest BCUT2D eigenvalue weighted by Crippen LogP contribution is -2.63. The molecule has 3 heterocycles. The standard InChI is InChI=1S/C27H37ClN4O4/c1-25(2,3)36-24(33)32-26(4)11-12-27(32,5)15-20(14-26)29-16-19-8-10-22(31-30-19)21-9-7-18(28)13-23(21)35-17-34-6/h7-10,13,20,29H,11-12,14-17H2,1-6H3. The van der Waals surface area contributed by atoms with Gasteiger partial charge in [0.15, 0.2) is 6.79 Å². The first-order chi connectivity index (χ1) is 16.9. The van der Waals surface area contributed by atoms with Crippen molar-refractivity contribution in [3.8, 4) is 17.0 Å². The number of aromatic nitrogens is 2. The van der Waals surface area contributed by atoms with Crippen molar-refractivity contribution in [2.75, 3.05) is 13.9 Å². The summed E-state index contributed by atoms with van der Waals surface area (Å²) in [6.07, 6.45) is 3.49. The number of hydrogen-bond acceptors (Lipinski definition) is 7. The second-order valence-electron chi connectivity index (χ2n) is 11.4. The molecule has 1 amide bonds. The van der Waals surface area contributed by atoms with E-state index in [0.29, 0.717) is 23.0 Å². The van der Waals surface area contributed by atoms with E-state index >= 15 is 0 Å². The summed E-state index contributed by atoms with van der Waals surface area (Å²) >= 11 is 6.13. The Morgan fingerprint density at radius 2 is 1.83 bits per heavy atom. The molecule has 2 fully saturated rings. The molecule has 0 aliphatic carbocycles. The first kappa shape index (κ1) is 26.6. The van der Waals surface area contributed by atoms with Crippen molar-refractivity contribution < 1.29 is 19.0 Å². The van der Waals surface area contributed by atoms with Gasteiger partial charge in [-0.15, -0.1) is 0 Å². The molecule has 9 heteroatoms. The van der Waals surface area contributed by atoms with Crippen LogP contribution in [0.1, 0.15) is 66.0 Å². The number of nitrogens with one attached hydrogen (secondary N) is 1. The van der Waals surface area contributed by atoms with Gasteiger partial charge < -0.3 is 19.5 Å². The number of carbonyl (C=O) groups excluding carboxylic acids is 1. The largest absolute Gasteiger partial charge is 0.467 e. The van der Waals surface area contributed by atoms with Gasteiger partial charge in [-0.1, -0.05) is 11.6 Å².